The Morgan fingerprint density at radius 1 is 1.53 bits per heavy atom. The molecule has 0 radical (unpaired) electrons. The first-order chi connectivity index (χ1) is 9.20. The lowest BCUT2D eigenvalue weighted by molar-refractivity contribution is -0.126. The molecule has 5 heteroatoms. The molecule has 1 saturated heterocycles. The van der Waals surface area contributed by atoms with Crippen LogP contribution in [0.1, 0.15) is 19.0 Å². The Labute approximate surface area is 113 Å². The fourth-order valence-corrected chi connectivity index (χ4v) is 2.46. The quantitative estimate of drug-likeness (QED) is 0.825. The predicted octanol–water partition coefficient (Wildman–Crippen LogP) is 0.400. The number of aliphatic hydroxyl groups excluding tert-OH is 1. The van der Waals surface area contributed by atoms with Crippen LogP contribution in [-0.2, 0) is 11.3 Å². The van der Waals surface area contributed by atoms with Gasteiger partial charge in [-0.25, -0.2) is 0 Å². The summed E-state index contributed by atoms with van der Waals surface area (Å²) in [5, 5.41) is 12.1. The second-order valence-corrected chi connectivity index (χ2v) is 5.13. The van der Waals surface area contributed by atoms with Gasteiger partial charge >= 0.3 is 0 Å². The van der Waals surface area contributed by atoms with E-state index in [1.165, 1.54) is 0 Å². The highest BCUT2D eigenvalue weighted by atomic mass is 16.3. The van der Waals surface area contributed by atoms with Crippen LogP contribution in [0, 0.1) is 5.92 Å². The van der Waals surface area contributed by atoms with Crippen LogP contribution >= 0.6 is 0 Å². The van der Waals surface area contributed by atoms with Crippen LogP contribution in [0.2, 0.25) is 0 Å². The number of aliphatic hydroxyl groups is 1. The summed E-state index contributed by atoms with van der Waals surface area (Å²) in [6, 6.07) is 5.53. The second kappa shape index (κ2) is 6.63. The average molecular weight is 263 g/mol. The fraction of sp³-hybridized carbons (Fsp3) is 0.571. The lowest BCUT2D eigenvalue weighted by Gasteiger charge is -2.28. The molecule has 1 aromatic heterocycles. The van der Waals surface area contributed by atoms with Gasteiger partial charge < -0.3 is 10.4 Å². The number of carbonyl (C=O) groups excluding carboxylic acids is 1. The summed E-state index contributed by atoms with van der Waals surface area (Å²) in [4.78, 5) is 18.5. The molecule has 0 spiro atoms. The molecule has 1 aromatic rings. The topological polar surface area (TPSA) is 65.5 Å². The summed E-state index contributed by atoms with van der Waals surface area (Å²) < 4.78 is 0. The maximum absolute atomic E-state index is 12.1. The normalized spacial score (nSPS) is 24.8. The monoisotopic (exact) mass is 263 g/mol. The largest absolute Gasteiger partial charge is 0.396 e. The van der Waals surface area contributed by atoms with Crippen LogP contribution in [0.3, 0.4) is 0 Å². The van der Waals surface area contributed by atoms with E-state index in [0.29, 0.717) is 25.4 Å². The minimum atomic E-state index is -0.267. The van der Waals surface area contributed by atoms with Crippen molar-refractivity contribution < 1.29 is 9.90 Å². The van der Waals surface area contributed by atoms with Crippen molar-refractivity contribution in [3.05, 3.63) is 30.1 Å². The van der Waals surface area contributed by atoms with Crippen molar-refractivity contribution in [2.45, 2.75) is 25.9 Å². The van der Waals surface area contributed by atoms with E-state index in [1.807, 2.05) is 18.2 Å². The number of aromatic nitrogens is 1. The van der Waals surface area contributed by atoms with E-state index < -0.39 is 0 Å². The number of rotatable bonds is 4. The highest BCUT2D eigenvalue weighted by Crippen LogP contribution is 2.15. The lowest BCUT2D eigenvalue weighted by atomic mass is 10.1. The van der Waals surface area contributed by atoms with Gasteiger partial charge in [0.15, 0.2) is 0 Å². The zero-order chi connectivity index (χ0) is 13.7. The van der Waals surface area contributed by atoms with Crippen LogP contribution in [0.15, 0.2) is 24.4 Å². The number of nitrogens with zero attached hydrogens (tertiary/aromatic N) is 2. The Morgan fingerprint density at radius 3 is 3.05 bits per heavy atom. The van der Waals surface area contributed by atoms with E-state index in [0.717, 1.165) is 12.2 Å². The summed E-state index contributed by atoms with van der Waals surface area (Å²) in [7, 11) is 0. The zero-order valence-electron chi connectivity index (χ0n) is 11.2. The molecule has 5 nitrogen and oxygen atoms in total. The van der Waals surface area contributed by atoms with E-state index in [9.17, 15) is 4.79 Å². The van der Waals surface area contributed by atoms with Crippen molar-refractivity contribution in [2.75, 3.05) is 19.7 Å². The van der Waals surface area contributed by atoms with Crippen molar-refractivity contribution in [1.82, 2.24) is 15.2 Å². The summed E-state index contributed by atoms with van der Waals surface area (Å²) in [5.41, 5.74) is 0.951. The standard InChI is InChI=1S/C14H21N3O2/c1-11-8-16-14(19)13(5-7-18)17(9-11)10-12-4-2-3-6-15-12/h2-4,6,11,13,18H,5,7-10H2,1H3,(H,16,19). The summed E-state index contributed by atoms with van der Waals surface area (Å²) >= 11 is 0. The van der Waals surface area contributed by atoms with Gasteiger partial charge in [-0.1, -0.05) is 13.0 Å². The highest BCUT2D eigenvalue weighted by molar-refractivity contribution is 5.82. The van der Waals surface area contributed by atoms with Crippen LogP contribution in [0.4, 0.5) is 0 Å². The Bertz CT molecular complexity index is 410. The molecule has 1 fully saturated rings. The second-order valence-electron chi connectivity index (χ2n) is 5.13. The van der Waals surface area contributed by atoms with Crippen molar-refractivity contribution in [3.63, 3.8) is 0 Å². The minimum absolute atomic E-state index is 0.00864. The third-order valence-electron chi connectivity index (χ3n) is 3.41. The molecule has 0 aliphatic carbocycles. The molecule has 0 aromatic carbocycles. The Morgan fingerprint density at radius 2 is 2.37 bits per heavy atom. The van der Waals surface area contributed by atoms with Crippen LogP contribution < -0.4 is 5.32 Å². The Hall–Kier alpha value is -1.46. The maximum atomic E-state index is 12.1. The third-order valence-corrected chi connectivity index (χ3v) is 3.41. The predicted molar refractivity (Wildman–Crippen MR) is 72.3 cm³/mol. The molecule has 1 amide bonds. The number of amides is 1. The van der Waals surface area contributed by atoms with E-state index in [2.05, 4.69) is 22.1 Å². The van der Waals surface area contributed by atoms with Gasteiger partial charge in [-0.15, -0.1) is 0 Å². The first-order valence-electron chi connectivity index (χ1n) is 6.73. The van der Waals surface area contributed by atoms with Gasteiger partial charge in [-0.3, -0.25) is 14.7 Å². The van der Waals surface area contributed by atoms with Crippen LogP contribution in [0.25, 0.3) is 0 Å². The number of nitrogens with one attached hydrogen (secondary N) is 1. The summed E-state index contributed by atoms with van der Waals surface area (Å²) in [5.74, 6) is 0.408. The van der Waals surface area contributed by atoms with Gasteiger partial charge in [-0.2, -0.15) is 0 Å². The van der Waals surface area contributed by atoms with Gasteiger partial charge in [0.2, 0.25) is 5.91 Å². The molecule has 1 aliphatic heterocycles. The SMILES string of the molecule is CC1CNC(=O)C(CCO)N(Cc2ccccn2)C1. The lowest BCUT2D eigenvalue weighted by Crippen LogP contribution is -2.44. The van der Waals surface area contributed by atoms with E-state index in [1.54, 1.807) is 6.20 Å². The van der Waals surface area contributed by atoms with Gasteiger partial charge in [0, 0.05) is 32.4 Å². The molecule has 104 valence electrons. The van der Waals surface area contributed by atoms with Crippen molar-refractivity contribution in [3.8, 4) is 0 Å². The fourth-order valence-electron chi connectivity index (χ4n) is 2.46. The molecule has 0 saturated carbocycles. The summed E-state index contributed by atoms with van der Waals surface area (Å²) in [6.07, 6.45) is 2.23. The van der Waals surface area contributed by atoms with Gasteiger partial charge in [0.1, 0.15) is 0 Å². The van der Waals surface area contributed by atoms with Crippen molar-refractivity contribution in [2.24, 2.45) is 5.92 Å². The molecule has 2 rings (SSSR count). The summed E-state index contributed by atoms with van der Waals surface area (Å²) in [6.45, 7) is 4.31. The van der Waals surface area contributed by atoms with Crippen LogP contribution in [-0.4, -0.2) is 46.6 Å². The maximum Gasteiger partial charge on any atom is 0.237 e. The molecule has 19 heavy (non-hydrogen) atoms. The molecule has 2 N–H and O–H groups in total. The smallest absolute Gasteiger partial charge is 0.237 e. The van der Waals surface area contributed by atoms with Crippen molar-refractivity contribution >= 4 is 5.91 Å². The number of pyridine rings is 1. The van der Waals surface area contributed by atoms with Gasteiger partial charge in [0.25, 0.3) is 0 Å². The number of hydrogen-bond donors (Lipinski definition) is 2. The van der Waals surface area contributed by atoms with Crippen LogP contribution in [0.5, 0.6) is 0 Å². The van der Waals surface area contributed by atoms with E-state index in [-0.39, 0.29) is 18.6 Å². The first-order valence-corrected chi connectivity index (χ1v) is 6.73. The molecule has 2 atom stereocenters. The molecular weight excluding hydrogens is 242 g/mol. The van der Waals surface area contributed by atoms with Gasteiger partial charge in [-0.05, 0) is 24.5 Å². The van der Waals surface area contributed by atoms with Crippen molar-refractivity contribution in [1.29, 1.82) is 0 Å². The third kappa shape index (κ3) is 3.75. The molecular formula is C14H21N3O2. The average Bonchev–Trinajstić information content (AvgIpc) is 2.54. The first kappa shape index (κ1) is 14.0. The number of carbonyl (C=O) groups is 1. The Kier molecular flexibility index (Phi) is 4.87. The Balaban J connectivity index is 2.14. The van der Waals surface area contributed by atoms with Gasteiger partial charge in [0.05, 0.1) is 11.7 Å². The zero-order valence-corrected chi connectivity index (χ0v) is 11.2. The molecule has 2 heterocycles. The minimum Gasteiger partial charge on any atom is -0.396 e. The highest BCUT2D eigenvalue weighted by Gasteiger charge is 2.30. The number of hydrogen-bond acceptors (Lipinski definition) is 4. The van der Waals surface area contributed by atoms with E-state index >= 15 is 0 Å². The molecule has 0 bridgehead atoms. The molecule has 2 unspecified atom stereocenters. The van der Waals surface area contributed by atoms with E-state index in [4.69, 9.17) is 5.11 Å². The molecule has 1 aliphatic rings.